The first-order valence-corrected chi connectivity index (χ1v) is 32.3. The predicted molar refractivity (Wildman–Crippen MR) is 384 cm³/mol. The lowest BCUT2D eigenvalue weighted by Crippen LogP contribution is -2.21. The third kappa shape index (κ3) is 12.1. The van der Waals surface area contributed by atoms with Crippen molar-refractivity contribution >= 4 is 73.3 Å². The van der Waals surface area contributed by atoms with Crippen LogP contribution in [0.4, 0.5) is 34.1 Å². The van der Waals surface area contributed by atoms with Gasteiger partial charge in [-0.25, -0.2) is 0 Å². The fourth-order valence-corrected chi connectivity index (χ4v) is 14.5. The predicted octanol–water partition coefficient (Wildman–Crippen LogP) is 23.7. The van der Waals surface area contributed by atoms with Crippen molar-refractivity contribution in [3.8, 4) is 5.69 Å². The highest BCUT2D eigenvalue weighted by atomic mass is 32.2. The summed E-state index contributed by atoms with van der Waals surface area (Å²) in [6.07, 6.45) is 0. The number of rotatable bonds is 3. The third-order valence-corrected chi connectivity index (χ3v) is 18.9. The standard InChI is InChI=1S/C30H35N.C27H29NO.C26H29NS/c1-18(2)28-24-14-19(3)10-12-26(24)31(27-13-11-20(4)15-25(27)28)29-21(5)16-23(17-22(29)6)30(7,8)9;1-16-8-10-23-21(12-16)26(29)22-13-17(2)9-11-24(22)28(23)25-18(3)14-20(15-19(25)4)27(5,6)7;1-16-8-10-21-23(12-16)28-24-13-17(2)9-11-22(24)27(21)25-18(3)14-20(15-19(25)4)26(5,6)7/h10-17H,1-9H3;8-15H,1-7H3;8-15H,1-7H3. The minimum absolute atomic E-state index is 0.0932. The zero-order chi connectivity index (χ0) is 64.0. The molecule has 0 amide bonds. The van der Waals surface area contributed by atoms with E-state index in [1.807, 2.05) is 37.7 Å². The molecule has 4 nitrogen and oxygen atoms in total. The van der Waals surface area contributed by atoms with E-state index in [0.717, 1.165) is 32.9 Å². The Morgan fingerprint density at radius 3 is 0.955 bits per heavy atom. The number of hydrogen-bond donors (Lipinski definition) is 0. The lowest BCUT2D eigenvalue weighted by Gasteiger charge is -2.38. The molecule has 0 bridgehead atoms. The van der Waals surface area contributed by atoms with Gasteiger partial charge in [-0.1, -0.05) is 175 Å². The van der Waals surface area contributed by atoms with Crippen LogP contribution in [0.1, 0.15) is 171 Å². The summed E-state index contributed by atoms with van der Waals surface area (Å²) in [5.74, 6) is 0. The Morgan fingerprint density at radius 1 is 0.341 bits per heavy atom. The maximum absolute atomic E-state index is 13.3. The first-order chi connectivity index (χ1) is 41.2. The molecule has 2 aliphatic rings. The van der Waals surface area contributed by atoms with Crippen LogP contribution in [0.15, 0.2) is 166 Å². The van der Waals surface area contributed by atoms with E-state index in [9.17, 15) is 4.79 Å². The van der Waals surface area contributed by atoms with Gasteiger partial charge in [-0.15, -0.1) is 0 Å². The Bertz CT molecular complexity index is 4300. The summed E-state index contributed by atoms with van der Waals surface area (Å²) in [5, 5.41) is 1.56. The molecule has 0 aliphatic carbocycles. The van der Waals surface area contributed by atoms with Crippen molar-refractivity contribution in [2.24, 2.45) is 0 Å². The van der Waals surface area contributed by atoms with E-state index in [4.69, 9.17) is 0 Å². The first-order valence-electron chi connectivity index (χ1n) is 31.5. The van der Waals surface area contributed by atoms with Crippen molar-refractivity contribution in [1.82, 2.24) is 4.57 Å². The average Bonchev–Trinajstić information content (AvgIpc) is 0.829. The molecule has 9 aromatic carbocycles. The minimum atomic E-state index is 0.0932. The molecule has 10 aromatic rings. The van der Waals surface area contributed by atoms with Gasteiger partial charge in [-0.2, -0.15) is 0 Å². The highest BCUT2D eigenvalue weighted by molar-refractivity contribution is 7.99. The number of benzene rings is 9. The SMILES string of the molecule is CC(C)=C1c2cc(C)ccc2N(c2c(C)cc(C(C)(C)C)cc2C)c2ccc(C)cc21.Cc1ccc2c(c1)Sc1cc(C)ccc1N2c1c(C)cc(C(C)(C)C)cc1C.Cc1ccc2c(c1)c(=O)c1cc(C)ccc1n2-c1c(C)cc(C(C)(C)C)cc1C. The summed E-state index contributed by atoms with van der Waals surface area (Å²) in [6.45, 7) is 51.1. The highest BCUT2D eigenvalue weighted by Crippen LogP contribution is 2.55. The quantitative estimate of drug-likeness (QED) is 0.165. The van der Waals surface area contributed by atoms with E-state index in [-0.39, 0.29) is 21.7 Å². The molecule has 0 radical (unpaired) electrons. The topological polar surface area (TPSA) is 28.5 Å². The number of anilines is 6. The van der Waals surface area contributed by atoms with Gasteiger partial charge in [0.25, 0.3) is 0 Å². The van der Waals surface area contributed by atoms with E-state index in [2.05, 4.69) is 293 Å². The molecule has 0 fully saturated rings. The molecule has 0 atom stereocenters. The van der Waals surface area contributed by atoms with Gasteiger partial charge in [0.1, 0.15) is 0 Å². The van der Waals surface area contributed by atoms with Crippen molar-refractivity contribution in [1.29, 1.82) is 0 Å². The van der Waals surface area contributed by atoms with Crippen molar-refractivity contribution < 1.29 is 0 Å². The number of aryl methyl sites for hydroxylation is 12. The number of pyridine rings is 1. The van der Waals surface area contributed by atoms with Gasteiger partial charge in [0.2, 0.25) is 0 Å². The molecule has 12 rings (SSSR count). The van der Waals surface area contributed by atoms with Gasteiger partial charge in [0, 0.05) is 31.7 Å². The van der Waals surface area contributed by atoms with E-state index in [0.29, 0.717) is 0 Å². The van der Waals surface area contributed by atoms with Crippen LogP contribution in [-0.4, -0.2) is 4.57 Å². The van der Waals surface area contributed by atoms with Crippen LogP contribution in [0.2, 0.25) is 0 Å². The molecule has 5 heteroatoms. The summed E-state index contributed by atoms with van der Waals surface area (Å²) < 4.78 is 2.28. The molecular formula is C83H93N3OS. The summed E-state index contributed by atoms with van der Waals surface area (Å²) in [5.41, 5.74) is 36.0. The number of fused-ring (bicyclic) bond motifs is 6. The van der Waals surface area contributed by atoms with Crippen molar-refractivity contribution in [3.63, 3.8) is 0 Å². The maximum atomic E-state index is 13.3. The summed E-state index contributed by atoms with van der Waals surface area (Å²) in [4.78, 5) is 20.9. The molecule has 88 heavy (non-hydrogen) atoms. The molecule has 1 aromatic heterocycles. The van der Waals surface area contributed by atoms with Gasteiger partial charge in [-0.05, 0) is 253 Å². The van der Waals surface area contributed by atoms with Crippen molar-refractivity contribution in [3.05, 3.63) is 256 Å². The number of aromatic nitrogens is 1. The second kappa shape index (κ2) is 23.6. The maximum Gasteiger partial charge on any atom is 0.197 e. The number of hydrogen-bond acceptors (Lipinski definition) is 4. The minimum Gasteiger partial charge on any atom is -0.309 e. The second-order valence-electron chi connectivity index (χ2n) is 29.0. The van der Waals surface area contributed by atoms with Crippen LogP contribution >= 0.6 is 11.8 Å². The van der Waals surface area contributed by atoms with Gasteiger partial charge in [-0.3, -0.25) is 4.79 Å². The fourth-order valence-electron chi connectivity index (χ4n) is 13.2. The zero-order valence-corrected chi connectivity index (χ0v) is 57.8. The number of allylic oxidation sites excluding steroid dienone is 1. The molecule has 3 heterocycles. The molecule has 0 spiro atoms. The fraction of sp³-hybridized carbons (Fsp3) is 0.313. The third-order valence-electron chi connectivity index (χ3n) is 17.8. The molecule has 0 unspecified atom stereocenters. The van der Waals surface area contributed by atoms with Gasteiger partial charge in [0.15, 0.2) is 5.43 Å². The lowest BCUT2D eigenvalue weighted by atomic mass is 9.83. The van der Waals surface area contributed by atoms with Crippen LogP contribution in [0, 0.1) is 83.1 Å². The Labute approximate surface area is 531 Å². The van der Waals surface area contributed by atoms with Crippen molar-refractivity contribution in [2.75, 3.05) is 9.80 Å². The molecule has 452 valence electrons. The van der Waals surface area contributed by atoms with E-state index in [1.54, 1.807) is 0 Å². The normalized spacial score (nSPS) is 12.9. The average molecular weight is 1180 g/mol. The summed E-state index contributed by atoms with van der Waals surface area (Å²) in [6, 6.07) is 53.8. The molecule has 0 saturated carbocycles. The highest BCUT2D eigenvalue weighted by Gasteiger charge is 2.32. The molecule has 2 aliphatic heterocycles. The van der Waals surface area contributed by atoms with Crippen LogP contribution in [0.25, 0.3) is 33.1 Å². The van der Waals surface area contributed by atoms with Crippen LogP contribution in [0.3, 0.4) is 0 Å². The van der Waals surface area contributed by atoms with E-state index >= 15 is 0 Å². The van der Waals surface area contributed by atoms with Crippen molar-refractivity contribution in [2.45, 2.75) is 185 Å². The molecule has 0 N–H and O–H groups in total. The van der Waals surface area contributed by atoms with E-state index < -0.39 is 0 Å². The Kier molecular flexibility index (Phi) is 16.9. The van der Waals surface area contributed by atoms with Gasteiger partial charge >= 0.3 is 0 Å². The van der Waals surface area contributed by atoms with E-state index in [1.165, 1.54) is 144 Å². The Balaban J connectivity index is 0.000000146. The number of nitrogens with zero attached hydrogens (tertiary/aromatic N) is 3. The first kappa shape index (κ1) is 63.2. The van der Waals surface area contributed by atoms with Gasteiger partial charge in [0.05, 0.1) is 50.8 Å². The summed E-state index contributed by atoms with van der Waals surface area (Å²) >= 11 is 1.89. The molecule has 0 saturated heterocycles. The van der Waals surface area contributed by atoms with Gasteiger partial charge < -0.3 is 14.4 Å². The molecular weight excluding hydrogens is 1090 g/mol. The summed E-state index contributed by atoms with van der Waals surface area (Å²) in [7, 11) is 0. The lowest BCUT2D eigenvalue weighted by molar-refractivity contribution is 0.589. The van der Waals surface area contributed by atoms with Crippen LogP contribution < -0.4 is 15.2 Å². The van der Waals surface area contributed by atoms with Crippen LogP contribution in [-0.2, 0) is 16.2 Å². The Morgan fingerprint density at radius 2 is 0.625 bits per heavy atom. The monoisotopic (exact) mass is 1180 g/mol. The zero-order valence-electron chi connectivity index (χ0n) is 57.0. The van der Waals surface area contributed by atoms with Crippen LogP contribution in [0.5, 0.6) is 0 Å². The Hall–Kier alpha value is -7.86. The second-order valence-corrected chi connectivity index (χ2v) is 30.0. The largest absolute Gasteiger partial charge is 0.309 e. The smallest absolute Gasteiger partial charge is 0.197 e.